The summed E-state index contributed by atoms with van der Waals surface area (Å²) in [4.78, 5) is 6.92. The van der Waals surface area contributed by atoms with Crippen LogP contribution in [0.3, 0.4) is 0 Å². The molecule has 1 aromatic rings. The molecule has 1 saturated carbocycles. The van der Waals surface area contributed by atoms with Crippen molar-refractivity contribution in [1.82, 2.24) is 15.5 Å². The highest BCUT2D eigenvalue weighted by atomic mass is 16.5. The van der Waals surface area contributed by atoms with Crippen molar-refractivity contribution >= 4 is 5.96 Å². The molecule has 0 amide bonds. The Morgan fingerprint density at radius 1 is 1.29 bits per heavy atom. The van der Waals surface area contributed by atoms with E-state index >= 15 is 0 Å². The van der Waals surface area contributed by atoms with Gasteiger partial charge < -0.3 is 25.4 Å². The number of phenolic OH excluding ortho intramolecular Hbond substituents is 1. The summed E-state index contributed by atoms with van der Waals surface area (Å²) in [5.74, 6) is 1.78. The molecule has 132 valence electrons. The topological polar surface area (TPSA) is 69.1 Å². The Morgan fingerprint density at radius 3 is 2.67 bits per heavy atom. The molecule has 0 radical (unpaired) electrons. The zero-order valence-electron chi connectivity index (χ0n) is 14.6. The highest BCUT2D eigenvalue weighted by molar-refractivity contribution is 5.80. The van der Waals surface area contributed by atoms with E-state index in [1.54, 1.807) is 26.3 Å². The lowest BCUT2D eigenvalue weighted by atomic mass is 10.1. The SMILES string of the molecule is CN=C(NCc1cc(OC)ccc1O)NC1CCN(C2CC2)CC1. The number of guanidine groups is 1. The first-order valence-electron chi connectivity index (χ1n) is 8.76. The number of phenols is 1. The number of hydrogen-bond acceptors (Lipinski definition) is 4. The fraction of sp³-hybridized carbons (Fsp3) is 0.611. The molecule has 2 fully saturated rings. The number of rotatable bonds is 5. The fourth-order valence-electron chi connectivity index (χ4n) is 3.25. The number of nitrogens with zero attached hydrogens (tertiary/aromatic N) is 2. The van der Waals surface area contributed by atoms with Gasteiger partial charge in [-0.25, -0.2) is 0 Å². The molecule has 2 aliphatic rings. The van der Waals surface area contributed by atoms with Crippen LogP contribution in [0.1, 0.15) is 31.2 Å². The van der Waals surface area contributed by atoms with Crippen molar-refractivity contribution < 1.29 is 9.84 Å². The van der Waals surface area contributed by atoms with Crippen molar-refractivity contribution in [3.05, 3.63) is 23.8 Å². The van der Waals surface area contributed by atoms with E-state index in [0.717, 1.165) is 36.2 Å². The van der Waals surface area contributed by atoms with E-state index in [1.807, 2.05) is 6.07 Å². The van der Waals surface area contributed by atoms with Gasteiger partial charge in [0.05, 0.1) is 7.11 Å². The molecule has 1 heterocycles. The summed E-state index contributed by atoms with van der Waals surface area (Å²) in [6, 6.07) is 6.56. The number of piperidine rings is 1. The summed E-state index contributed by atoms with van der Waals surface area (Å²) in [7, 11) is 3.40. The lowest BCUT2D eigenvalue weighted by Crippen LogP contribution is -2.48. The molecule has 6 nitrogen and oxygen atoms in total. The van der Waals surface area contributed by atoms with Gasteiger partial charge in [0.2, 0.25) is 0 Å². The normalized spacial score (nSPS) is 20.0. The molecule has 1 aliphatic carbocycles. The third-order valence-electron chi connectivity index (χ3n) is 4.89. The predicted molar refractivity (Wildman–Crippen MR) is 95.6 cm³/mol. The first kappa shape index (κ1) is 16.9. The van der Waals surface area contributed by atoms with Gasteiger partial charge in [0.15, 0.2) is 5.96 Å². The molecular weight excluding hydrogens is 304 g/mol. The number of nitrogens with one attached hydrogen (secondary N) is 2. The highest BCUT2D eigenvalue weighted by Crippen LogP contribution is 2.29. The van der Waals surface area contributed by atoms with Gasteiger partial charge in [-0.05, 0) is 43.9 Å². The van der Waals surface area contributed by atoms with Gasteiger partial charge in [-0.1, -0.05) is 0 Å². The van der Waals surface area contributed by atoms with Crippen LogP contribution in [0.5, 0.6) is 11.5 Å². The van der Waals surface area contributed by atoms with Crippen molar-refractivity contribution in [1.29, 1.82) is 0 Å². The van der Waals surface area contributed by atoms with Crippen LogP contribution < -0.4 is 15.4 Å². The first-order chi connectivity index (χ1) is 11.7. The third-order valence-corrected chi connectivity index (χ3v) is 4.89. The number of benzene rings is 1. The van der Waals surface area contributed by atoms with Crippen molar-refractivity contribution in [2.24, 2.45) is 4.99 Å². The molecule has 1 aromatic carbocycles. The maximum absolute atomic E-state index is 9.96. The molecule has 0 aromatic heterocycles. The molecule has 3 rings (SSSR count). The molecule has 1 aliphatic heterocycles. The molecule has 0 unspecified atom stereocenters. The minimum Gasteiger partial charge on any atom is -0.508 e. The van der Waals surface area contributed by atoms with E-state index in [1.165, 1.54) is 25.9 Å². The van der Waals surface area contributed by atoms with Gasteiger partial charge in [0, 0.05) is 44.3 Å². The number of ether oxygens (including phenoxy) is 1. The van der Waals surface area contributed by atoms with Gasteiger partial charge in [0.1, 0.15) is 11.5 Å². The lowest BCUT2D eigenvalue weighted by Gasteiger charge is -2.33. The monoisotopic (exact) mass is 332 g/mol. The average Bonchev–Trinajstić information content (AvgIpc) is 3.45. The molecule has 1 saturated heterocycles. The second-order valence-corrected chi connectivity index (χ2v) is 6.61. The molecule has 0 bridgehead atoms. The molecule has 0 atom stereocenters. The summed E-state index contributed by atoms with van der Waals surface area (Å²) in [6.07, 6.45) is 5.07. The Balaban J connectivity index is 1.48. The maximum Gasteiger partial charge on any atom is 0.191 e. The zero-order chi connectivity index (χ0) is 16.9. The van der Waals surface area contributed by atoms with Crippen LogP contribution in [0.25, 0.3) is 0 Å². The Morgan fingerprint density at radius 2 is 2.04 bits per heavy atom. The van der Waals surface area contributed by atoms with E-state index in [-0.39, 0.29) is 5.75 Å². The first-order valence-corrected chi connectivity index (χ1v) is 8.76. The summed E-state index contributed by atoms with van der Waals surface area (Å²) >= 11 is 0. The van der Waals surface area contributed by atoms with Gasteiger partial charge in [-0.3, -0.25) is 4.99 Å². The molecule has 3 N–H and O–H groups in total. The van der Waals surface area contributed by atoms with Crippen molar-refractivity contribution in [3.63, 3.8) is 0 Å². The standard InChI is InChI=1S/C18H28N4O2/c1-19-18(20-12-13-11-16(24-2)5-6-17(13)23)21-14-7-9-22(10-8-14)15-3-4-15/h5-6,11,14-15,23H,3-4,7-10,12H2,1-2H3,(H2,19,20,21). The number of aliphatic imine (C=N–C) groups is 1. The molecule has 0 spiro atoms. The van der Waals surface area contributed by atoms with Crippen molar-refractivity contribution in [3.8, 4) is 11.5 Å². The summed E-state index contributed by atoms with van der Waals surface area (Å²) < 4.78 is 5.21. The van der Waals surface area contributed by atoms with Crippen LogP contribution in [0.4, 0.5) is 0 Å². The van der Waals surface area contributed by atoms with Crippen LogP contribution in [-0.2, 0) is 6.54 Å². The summed E-state index contributed by atoms with van der Waals surface area (Å²) in [6.45, 7) is 2.86. The van der Waals surface area contributed by atoms with Crippen LogP contribution in [0.2, 0.25) is 0 Å². The molecule has 24 heavy (non-hydrogen) atoms. The largest absolute Gasteiger partial charge is 0.508 e. The van der Waals surface area contributed by atoms with Gasteiger partial charge in [-0.15, -0.1) is 0 Å². The lowest BCUT2D eigenvalue weighted by molar-refractivity contribution is 0.197. The third kappa shape index (κ3) is 4.32. The Kier molecular flexibility index (Phi) is 5.45. The smallest absolute Gasteiger partial charge is 0.191 e. The van der Waals surface area contributed by atoms with E-state index in [9.17, 15) is 5.11 Å². The highest BCUT2D eigenvalue weighted by Gasteiger charge is 2.31. The van der Waals surface area contributed by atoms with Crippen LogP contribution in [0, 0.1) is 0 Å². The van der Waals surface area contributed by atoms with E-state index in [0.29, 0.717) is 12.6 Å². The van der Waals surface area contributed by atoms with Gasteiger partial charge >= 0.3 is 0 Å². The second kappa shape index (κ2) is 7.75. The number of aromatic hydroxyl groups is 1. The summed E-state index contributed by atoms with van der Waals surface area (Å²) in [5.41, 5.74) is 0.792. The van der Waals surface area contributed by atoms with Crippen LogP contribution in [-0.4, -0.2) is 55.3 Å². The van der Waals surface area contributed by atoms with Crippen LogP contribution >= 0.6 is 0 Å². The van der Waals surface area contributed by atoms with Gasteiger partial charge in [0.25, 0.3) is 0 Å². The van der Waals surface area contributed by atoms with Crippen molar-refractivity contribution in [2.75, 3.05) is 27.2 Å². The fourth-order valence-corrected chi connectivity index (χ4v) is 3.25. The minimum atomic E-state index is 0.261. The van der Waals surface area contributed by atoms with Gasteiger partial charge in [-0.2, -0.15) is 0 Å². The molecule has 6 heteroatoms. The van der Waals surface area contributed by atoms with Crippen LogP contribution in [0.15, 0.2) is 23.2 Å². The number of hydrogen-bond donors (Lipinski definition) is 3. The van der Waals surface area contributed by atoms with E-state index in [2.05, 4.69) is 20.5 Å². The second-order valence-electron chi connectivity index (χ2n) is 6.61. The number of likely N-dealkylation sites (tertiary alicyclic amines) is 1. The number of methoxy groups -OCH3 is 1. The predicted octanol–water partition coefficient (Wildman–Crippen LogP) is 1.69. The molecular formula is C18H28N4O2. The maximum atomic E-state index is 9.96. The average molecular weight is 332 g/mol. The summed E-state index contributed by atoms with van der Waals surface area (Å²) in [5, 5.41) is 16.7. The quantitative estimate of drug-likeness (QED) is 0.565. The Hall–Kier alpha value is -1.95. The Bertz CT molecular complexity index is 578. The van der Waals surface area contributed by atoms with E-state index < -0.39 is 0 Å². The Labute approximate surface area is 143 Å². The zero-order valence-corrected chi connectivity index (χ0v) is 14.6. The van der Waals surface area contributed by atoms with Crippen molar-refractivity contribution in [2.45, 2.75) is 44.3 Å². The minimum absolute atomic E-state index is 0.261. The van der Waals surface area contributed by atoms with E-state index in [4.69, 9.17) is 4.74 Å².